The molecule has 1 aromatic heterocycles. The number of thiophene rings is 1. The lowest BCUT2D eigenvalue weighted by atomic mass is 10.2. The summed E-state index contributed by atoms with van der Waals surface area (Å²) in [6, 6.07) is 13.0. The van der Waals surface area contributed by atoms with Crippen molar-refractivity contribution in [3.05, 3.63) is 85.0 Å². The van der Waals surface area contributed by atoms with Crippen LogP contribution in [0.4, 0.5) is 5.69 Å². The number of anilines is 1. The van der Waals surface area contributed by atoms with Gasteiger partial charge in [-0.2, -0.15) is 0 Å². The van der Waals surface area contributed by atoms with E-state index in [0.29, 0.717) is 31.2 Å². The highest BCUT2D eigenvalue weighted by Crippen LogP contribution is 2.26. The van der Waals surface area contributed by atoms with Crippen molar-refractivity contribution in [2.24, 2.45) is 0 Å². The molecule has 4 nitrogen and oxygen atoms in total. The van der Waals surface area contributed by atoms with Crippen LogP contribution in [0.15, 0.2) is 53.9 Å². The largest absolute Gasteiger partial charge is 0.457 e. The molecule has 0 aliphatic rings. The molecule has 0 aliphatic carbocycles. The summed E-state index contributed by atoms with van der Waals surface area (Å²) in [5, 5.41) is 5.63. The Hall–Kier alpha value is -2.05. The van der Waals surface area contributed by atoms with Crippen LogP contribution in [0, 0.1) is 0 Å². The van der Waals surface area contributed by atoms with E-state index < -0.39 is 5.97 Å². The number of rotatable bonds is 5. The van der Waals surface area contributed by atoms with E-state index in [2.05, 4.69) is 5.32 Å². The minimum Gasteiger partial charge on any atom is -0.457 e. The standard InChI is InChI=1S/C19H12Cl3NO3S/c20-13-5-3-11(8-15(13)22)10-26-19(25)12-4-6-14(21)16(9-12)23-18(24)17-2-1-7-27-17/h1-9H,10H2,(H,23,24). The first kappa shape index (κ1) is 19.7. The third kappa shape index (κ3) is 5.02. The Morgan fingerprint density at radius 3 is 2.44 bits per heavy atom. The Balaban J connectivity index is 1.69. The summed E-state index contributed by atoms with van der Waals surface area (Å²) in [4.78, 5) is 25.0. The minimum absolute atomic E-state index is 0.0369. The van der Waals surface area contributed by atoms with Gasteiger partial charge in [0.15, 0.2) is 0 Å². The molecule has 1 amide bonds. The molecule has 0 saturated carbocycles. The van der Waals surface area contributed by atoms with Gasteiger partial charge in [0.1, 0.15) is 6.61 Å². The van der Waals surface area contributed by atoms with Crippen LogP contribution >= 0.6 is 46.1 Å². The smallest absolute Gasteiger partial charge is 0.338 e. The average Bonchev–Trinajstić information content (AvgIpc) is 3.19. The van der Waals surface area contributed by atoms with Gasteiger partial charge in [0.25, 0.3) is 5.91 Å². The molecule has 0 radical (unpaired) electrons. The first-order valence-electron chi connectivity index (χ1n) is 7.69. The maximum absolute atomic E-state index is 12.3. The van der Waals surface area contributed by atoms with Crippen molar-refractivity contribution in [3.8, 4) is 0 Å². The van der Waals surface area contributed by atoms with E-state index in [1.54, 1.807) is 35.7 Å². The number of halogens is 3. The van der Waals surface area contributed by atoms with E-state index in [-0.39, 0.29) is 18.1 Å². The minimum atomic E-state index is -0.552. The molecule has 2 aromatic carbocycles. The number of esters is 1. The zero-order valence-corrected chi connectivity index (χ0v) is 16.8. The fourth-order valence-corrected chi connectivity index (χ4v) is 3.31. The highest BCUT2D eigenvalue weighted by atomic mass is 35.5. The lowest BCUT2D eigenvalue weighted by Crippen LogP contribution is -2.12. The van der Waals surface area contributed by atoms with Gasteiger partial charge in [0.05, 0.1) is 31.2 Å². The number of hydrogen-bond acceptors (Lipinski definition) is 4. The van der Waals surface area contributed by atoms with Crippen molar-refractivity contribution in [2.45, 2.75) is 6.61 Å². The van der Waals surface area contributed by atoms with Crippen molar-refractivity contribution in [3.63, 3.8) is 0 Å². The second kappa shape index (κ2) is 8.76. The van der Waals surface area contributed by atoms with E-state index in [0.717, 1.165) is 0 Å². The van der Waals surface area contributed by atoms with E-state index in [1.165, 1.54) is 29.5 Å². The second-order valence-electron chi connectivity index (χ2n) is 5.45. The topological polar surface area (TPSA) is 55.4 Å². The summed E-state index contributed by atoms with van der Waals surface area (Å²) in [6.07, 6.45) is 0. The molecule has 3 rings (SSSR count). The average molecular weight is 441 g/mol. The van der Waals surface area contributed by atoms with E-state index in [4.69, 9.17) is 39.5 Å². The van der Waals surface area contributed by atoms with E-state index >= 15 is 0 Å². The maximum atomic E-state index is 12.3. The fraction of sp³-hybridized carbons (Fsp3) is 0.0526. The van der Waals surface area contributed by atoms with Crippen LogP contribution in [0.2, 0.25) is 15.1 Å². The highest BCUT2D eigenvalue weighted by molar-refractivity contribution is 7.12. The van der Waals surface area contributed by atoms with Gasteiger partial charge in [-0.05, 0) is 47.3 Å². The van der Waals surface area contributed by atoms with Gasteiger partial charge in [-0.1, -0.05) is 46.9 Å². The SMILES string of the molecule is O=C(OCc1ccc(Cl)c(Cl)c1)c1ccc(Cl)c(NC(=O)c2cccs2)c1. The van der Waals surface area contributed by atoms with Crippen LogP contribution in [0.1, 0.15) is 25.6 Å². The van der Waals surface area contributed by atoms with Gasteiger partial charge < -0.3 is 10.1 Å². The predicted octanol–water partition coefficient (Wildman–Crippen LogP) is 6.32. The third-order valence-electron chi connectivity index (χ3n) is 3.55. The Labute approximate surface area is 174 Å². The van der Waals surface area contributed by atoms with Gasteiger partial charge in [-0.3, -0.25) is 4.79 Å². The van der Waals surface area contributed by atoms with Crippen LogP contribution in [-0.2, 0) is 11.3 Å². The molecule has 3 aromatic rings. The number of benzene rings is 2. The van der Waals surface area contributed by atoms with Crippen molar-refractivity contribution >= 4 is 63.7 Å². The second-order valence-corrected chi connectivity index (χ2v) is 7.62. The van der Waals surface area contributed by atoms with Gasteiger partial charge in [-0.15, -0.1) is 11.3 Å². The number of carbonyl (C=O) groups is 2. The van der Waals surface area contributed by atoms with Crippen LogP contribution < -0.4 is 5.32 Å². The molecule has 1 N–H and O–H groups in total. The van der Waals surface area contributed by atoms with Crippen LogP contribution in [0.5, 0.6) is 0 Å². The number of carbonyl (C=O) groups excluding carboxylic acids is 2. The number of amides is 1. The molecule has 0 spiro atoms. The number of hydrogen-bond donors (Lipinski definition) is 1. The molecule has 0 unspecified atom stereocenters. The number of ether oxygens (including phenoxy) is 1. The highest BCUT2D eigenvalue weighted by Gasteiger charge is 2.14. The molecule has 0 bridgehead atoms. The quantitative estimate of drug-likeness (QED) is 0.472. The molecule has 138 valence electrons. The Morgan fingerprint density at radius 1 is 0.963 bits per heavy atom. The van der Waals surface area contributed by atoms with Crippen LogP contribution in [-0.4, -0.2) is 11.9 Å². The third-order valence-corrected chi connectivity index (χ3v) is 5.49. The Bertz CT molecular complexity index is 990. The monoisotopic (exact) mass is 439 g/mol. The van der Waals surface area contributed by atoms with E-state index in [9.17, 15) is 9.59 Å². The summed E-state index contributed by atoms with van der Waals surface area (Å²) in [7, 11) is 0. The maximum Gasteiger partial charge on any atom is 0.338 e. The number of nitrogens with one attached hydrogen (secondary N) is 1. The fourth-order valence-electron chi connectivity index (χ4n) is 2.20. The van der Waals surface area contributed by atoms with Gasteiger partial charge >= 0.3 is 5.97 Å². The molecule has 1 heterocycles. The summed E-state index contributed by atoms with van der Waals surface area (Å²) >= 11 is 19.2. The Morgan fingerprint density at radius 2 is 1.74 bits per heavy atom. The predicted molar refractivity (Wildman–Crippen MR) is 109 cm³/mol. The lowest BCUT2D eigenvalue weighted by molar-refractivity contribution is 0.0472. The molecule has 0 saturated heterocycles. The normalized spacial score (nSPS) is 10.5. The molecule has 0 atom stereocenters. The van der Waals surface area contributed by atoms with Crippen LogP contribution in [0.25, 0.3) is 0 Å². The summed E-state index contributed by atoms with van der Waals surface area (Å²) in [6.45, 7) is 0.0369. The molecular weight excluding hydrogens is 429 g/mol. The molecule has 27 heavy (non-hydrogen) atoms. The van der Waals surface area contributed by atoms with Gasteiger partial charge in [-0.25, -0.2) is 4.79 Å². The molecule has 8 heteroatoms. The van der Waals surface area contributed by atoms with Crippen LogP contribution in [0.3, 0.4) is 0 Å². The zero-order chi connectivity index (χ0) is 19.4. The summed E-state index contributed by atoms with van der Waals surface area (Å²) < 4.78 is 5.29. The molecule has 0 aliphatic heterocycles. The van der Waals surface area contributed by atoms with Gasteiger partial charge in [0.2, 0.25) is 0 Å². The summed E-state index contributed by atoms with van der Waals surface area (Å²) in [5.41, 5.74) is 1.30. The van der Waals surface area contributed by atoms with Crippen molar-refractivity contribution < 1.29 is 14.3 Å². The lowest BCUT2D eigenvalue weighted by Gasteiger charge is -2.10. The van der Waals surface area contributed by atoms with Gasteiger partial charge in [0, 0.05) is 0 Å². The zero-order valence-electron chi connectivity index (χ0n) is 13.7. The molecular formula is C19H12Cl3NO3S. The van der Waals surface area contributed by atoms with E-state index in [1.807, 2.05) is 0 Å². The Kier molecular flexibility index (Phi) is 6.39. The van der Waals surface area contributed by atoms with Crippen molar-refractivity contribution in [1.82, 2.24) is 0 Å². The molecule has 0 fully saturated rings. The van der Waals surface area contributed by atoms with Crippen molar-refractivity contribution in [2.75, 3.05) is 5.32 Å². The van der Waals surface area contributed by atoms with Crippen molar-refractivity contribution in [1.29, 1.82) is 0 Å². The first-order chi connectivity index (χ1) is 12.9. The first-order valence-corrected chi connectivity index (χ1v) is 9.71. The summed E-state index contributed by atoms with van der Waals surface area (Å²) in [5.74, 6) is -0.849.